The summed E-state index contributed by atoms with van der Waals surface area (Å²) in [5.41, 5.74) is 6.60. The minimum absolute atomic E-state index is 0.333. The molecule has 0 unspecified atom stereocenters. The van der Waals surface area contributed by atoms with E-state index in [0.717, 1.165) is 35.1 Å². The van der Waals surface area contributed by atoms with Gasteiger partial charge in [0.15, 0.2) is 0 Å². The van der Waals surface area contributed by atoms with E-state index < -0.39 is 0 Å². The summed E-state index contributed by atoms with van der Waals surface area (Å²) >= 11 is 0. The van der Waals surface area contributed by atoms with Crippen LogP contribution in [0.5, 0.6) is 11.5 Å². The Balaban J connectivity index is 2.53. The summed E-state index contributed by atoms with van der Waals surface area (Å²) in [5.74, 6) is 0.693. The van der Waals surface area contributed by atoms with Crippen LogP contribution in [0.2, 0.25) is 0 Å². The van der Waals surface area contributed by atoms with Gasteiger partial charge in [-0.1, -0.05) is 32.1 Å². The Morgan fingerprint density at radius 1 is 0.857 bits per heavy atom. The van der Waals surface area contributed by atoms with Crippen molar-refractivity contribution in [1.29, 1.82) is 0 Å². The van der Waals surface area contributed by atoms with E-state index >= 15 is 0 Å². The molecule has 0 aliphatic heterocycles. The van der Waals surface area contributed by atoms with Gasteiger partial charge >= 0.3 is 0 Å². The van der Waals surface area contributed by atoms with Crippen molar-refractivity contribution in [3.63, 3.8) is 0 Å². The third-order valence-corrected chi connectivity index (χ3v) is 4.92. The molecule has 2 N–H and O–H groups in total. The first-order valence-corrected chi connectivity index (χ1v) is 9.92. The lowest BCUT2D eigenvalue weighted by atomic mass is 9.93. The van der Waals surface area contributed by atoms with Gasteiger partial charge in [-0.15, -0.1) is 0 Å². The lowest BCUT2D eigenvalue weighted by molar-refractivity contribution is 0.384. The number of nitrogens with zero attached hydrogens (tertiary/aromatic N) is 2. The molecule has 152 valence electrons. The van der Waals surface area contributed by atoms with E-state index in [1.165, 1.54) is 11.1 Å². The van der Waals surface area contributed by atoms with Crippen LogP contribution >= 0.6 is 0 Å². The highest BCUT2D eigenvalue weighted by atomic mass is 16.3. The van der Waals surface area contributed by atoms with E-state index in [0.29, 0.717) is 24.6 Å². The molecule has 0 fully saturated rings. The summed E-state index contributed by atoms with van der Waals surface area (Å²) in [7, 11) is 8.03. The van der Waals surface area contributed by atoms with Crippen LogP contribution in [0.4, 0.5) is 0 Å². The number of aromatic hydroxyl groups is 2. The SMILES string of the molecule is CC/C(=C/c1ccc(O)c(CN(C)C)c1CC)c1ccc(O)c(CN(C)C)c1. The second kappa shape index (κ2) is 9.76. The van der Waals surface area contributed by atoms with Crippen molar-refractivity contribution in [2.75, 3.05) is 28.2 Å². The highest BCUT2D eigenvalue weighted by Gasteiger charge is 2.13. The zero-order valence-corrected chi connectivity index (χ0v) is 18.1. The lowest BCUT2D eigenvalue weighted by Gasteiger charge is -2.18. The monoisotopic (exact) mass is 382 g/mol. The van der Waals surface area contributed by atoms with Crippen molar-refractivity contribution >= 4 is 11.6 Å². The van der Waals surface area contributed by atoms with Gasteiger partial charge in [0, 0.05) is 24.2 Å². The normalized spacial score (nSPS) is 12.2. The first kappa shape index (κ1) is 22.0. The molecule has 0 saturated heterocycles. The van der Waals surface area contributed by atoms with Crippen LogP contribution in [-0.4, -0.2) is 48.2 Å². The van der Waals surface area contributed by atoms with Crippen molar-refractivity contribution in [1.82, 2.24) is 9.80 Å². The zero-order chi connectivity index (χ0) is 20.8. The summed E-state index contributed by atoms with van der Waals surface area (Å²) in [6, 6.07) is 9.65. The maximum atomic E-state index is 10.4. The summed E-state index contributed by atoms with van der Waals surface area (Å²) in [5, 5.41) is 20.6. The molecule has 0 saturated carbocycles. The van der Waals surface area contributed by atoms with Crippen LogP contribution in [-0.2, 0) is 19.5 Å². The van der Waals surface area contributed by atoms with Gasteiger partial charge in [0.2, 0.25) is 0 Å². The van der Waals surface area contributed by atoms with Crippen molar-refractivity contribution in [3.05, 3.63) is 58.1 Å². The Morgan fingerprint density at radius 2 is 1.50 bits per heavy atom. The highest BCUT2D eigenvalue weighted by Crippen LogP contribution is 2.31. The van der Waals surface area contributed by atoms with E-state index in [-0.39, 0.29) is 0 Å². The standard InChI is InChI=1S/C24H34N2O2/c1-7-17(18-9-11-23(27)20(14-18)15-25(3)4)13-19-10-12-24(28)22(16-26(5)6)21(19)8-2/h9-14,27-28H,7-8,15-16H2,1-6H3/b17-13-. The van der Waals surface area contributed by atoms with Crippen LogP contribution in [0.25, 0.3) is 11.6 Å². The first-order chi connectivity index (χ1) is 13.3. The van der Waals surface area contributed by atoms with Gasteiger partial charge in [0.1, 0.15) is 11.5 Å². The topological polar surface area (TPSA) is 46.9 Å². The average molecular weight is 383 g/mol. The first-order valence-electron chi connectivity index (χ1n) is 9.92. The van der Waals surface area contributed by atoms with Gasteiger partial charge in [0.25, 0.3) is 0 Å². The Morgan fingerprint density at radius 3 is 2.07 bits per heavy atom. The summed E-state index contributed by atoms with van der Waals surface area (Å²) < 4.78 is 0. The fraction of sp³-hybridized carbons (Fsp3) is 0.417. The Hall–Kier alpha value is -2.30. The predicted molar refractivity (Wildman–Crippen MR) is 119 cm³/mol. The third kappa shape index (κ3) is 5.37. The van der Waals surface area contributed by atoms with E-state index in [9.17, 15) is 10.2 Å². The number of benzene rings is 2. The van der Waals surface area contributed by atoms with E-state index in [4.69, 9.17) is 0 Å². The molecule has 0 aliphatic rings. The minimum Gasteiger partial charge on any atom is -0.508 e. The van der Waals surface area contributed by atoms with Crippen LogP contribution < -0.4 is 0 Å². The van der Waals surface area contributed by atoms with Crippen molar-refractivity contribution in [2.24, 2.45) is 0 Å². The van der Waals surface area contributed by atoms with Gasteiger partial charge in [-0.25, -0.2) is 0 Å². The molecule has 0 aromatic heterocycles. The molecule has 0 amide bonds. The van der Waals surface area contributed by atoms with Crippen LogP contribution in [0, 0.1) is 0 Å². The van der Waals surface area contributed by atoms with Gasteiger partial charge in [-0.05, 0) is 81.5 Å². The number of hydrogen-bond acceptors (Lipinski definition) is 4. The number of rotatable bonds is 8. The molecule has 2 rings (SSSR count). The molecule has 4 nitrogen and oxygen atoms in total. The molecule has 0 bridgehead atoms. The van der Waals surface area contributed by atoms with Gasteiger partial charge < -0.3 is 20.0 Å². The Labute approximate surface area is 169 Å². The second-order valence-corrected chi connectivity index (χ2v) is 7.83. The summed E-state index contributed by atoms with van der Waals surface area (Å²) in [6.45, 7) is 5.69. The van der Waals surface area contributed by atoms with Gasteiger partial charge in [-0.2, -0.15) is 0 Å². The number of hydrogen-bond donors (Lipinski definition) is 2. The molecule has 0 spiro atoms. The minimum atomic E-state index is 0.333. The maximum absolute atomic E-state index is 10.4. The maximum Gasteiger partial charge on any atom is 0.120 e. The predicted octanol–water partition coefficient (Wildman–Crippen LogP) is 4.73. The molecule has 0 atom stereocenters. The van der Waals surface area contributed by atoms with Gasteiger partial charge in [0.05, 0.1) is 0 Å². The largest absolute Gasteiger partial charge is 0.508 e. The molecular formula is C24H34N2O2. The molecule has 0 aliphatic carbocycles. The van der Waals surface area contributed by atoms with Crippen LogP contribution in [0.3, 0.4) is 0 Å². The smallest absolute Gasteiger partial charge is 0.120 e. The number of allylic oxidation sites excluding steroid dienone is 1. The van der Waals surface area contributed by atoms with Gasteiger partial charge in [-0.3, -0.25) is 0 Å². The van der Waals surface area contributed by atoms with E-state index in [2.05, 4.69) is 35.8 Å². The molecule has 2 aromatic carbocycles. The fourth-order valence-corrected chi connectivity index (χ4v) is 3.57. The fourth-order valence-electron chi connectivity index (χ4n) is 3.57. The number of phenols is 2. The van der Waals surface area contributed by atoms with E-state index in [1.807, 2.05) is 40.3 Å². The molecule has 2 aromatic rings. The van der Waals surface area contributed by atoms with Crippen LogP contribution in [0.15, 0.2) is 30.3 Å². The van der Waals surface area contributed by atoms with Crippen molar-refractivity contribution < 1.29 is 10.2 Å². The Bertz CT molecular complexity index is 839. The quantitative estimate of drug-likeness (QED) is 0.648. The zero-order valence-electron chi connectivity index (χ0n) is 18.1. The van der Waals surface area contributed by atoms with Crippen molar-refractivity contribution in [2.45, 2.75) is 39.8 Å². The van der Waals surface area contributed by atoms with Crippen molar-refractivity contribution in [3.8, 4) is 11.5 Å². The lowest BCUT2D eigenvalue weighted by Crippen LogP contribution is -2.13. The highest BCUT2D eigenvalue weighted by molar-refractivity contribution is 5.83. The number of phenolic OH excluding ortho intramolecular Hbond substituents is 2. The molecule has 28 heavy (non-hydrogen) atoms. The van der Waals surface area contributed by atoms with E-state index in [1.54, 1.807) is 12.1 Å². The molecule has 0 heterocycles. The Kier molecular flexibility index (Phi) is 7.67. The summed E-state index contributed by atoms with van der Waals surface area (Å²) in [6.07, 6.45) is 3.98. The molecule has 4 heteroatoms. The van der Waals surface area contributed by atoms with Crippen LogP contribution in [0.1, 0.15) is 48.1 Å². The second-order valence-electron chi connectivity index (χ2n) is 7.83. The average Bonchev–Trinajstić information content (AvgIpc) is 2.63. The summed E-state index contributed by atoms with van der Waals surface area (Å²) in [4.78, 5) is 4.13. The third-order valence-electron chi connectivity index (χ3n) is 4.92. The molecule has 0 radical (unpaired) electrons. The molecular weight excluding hydrogens is 348 g/mol.